The molecule has 0 radical (unpaired) electrons. The highest BCUT2D eigenvalue weighted by molar-refractivity contribution is 7.99. The highest BCUT2D eigenvalue weighted by Crippen LogP contribution is 2.11. The molecule has 0 unspecified atom stereocenters. The Morgan fingerprint density at radius 2 is 2.50 bits per heavy atom. The molecule has 12 heavy (non-hydrogen) atoms. The van der Waals surface area contributed by atoms with E-state index in [1.165, 1.54) is 18.9 Å². The molecule has 6 heteroatoms. The Morgan fingerprint density at radius 3 is 3.00 bits per heavy atom. The zero-order chi connectivity index (χ0) is 8.97. The van der Waals surface area contributed by atoms with E-state index in [2.05, 4.69) is 19.9 Å². The van der Waals surface area contributed by atoms with Gasteiger partial charge in [0.1, 0.15) is 5.82 Å². The van der Waals surface area contributed by atoms with Crippen LogP contribution in [0.2, 0.25) is 0 Å². The summed E-state index contributed by atoms with van der Waals surface area (Å²) in [6.07, 6.45) is 0. The van der Waals surface area contributed by atoms with Gasteiger partial charge < -0.3 is 4.74 Å². The van der Waals surface area contributed by atoms with Gasteiger partial charge in [-0.25, -0.2) is 4.98 Å². The Kier molecular flexibility index (Phi) is 3.09. The fourth-order valence-electron chi connectivity index (χ4n) is 0.569. The third-order valence-corrected chi connectivity index (χ3v) is 1.94. The van der Waals surface area contributed by atoms with Crippen LogP contribution in [0.25, 0.3) is 0 Å². The molecule has 0 bridgehead atoms. The number of carbonyl (C=O) groups is 1. The number of rotatable bonds is 3. The third kappa shape index (κ3) is 2.54. The molecule has 1 rings (SSSR count). The van der Waals surface area contributed by atoms with Gasteiger partial charge in [-0.15, -0.1) is 5.10 Å². The first-order valence-electron chi connectivity index (χ1n) is 3.31. The quantitative estimate of drug-likeness (QED) is 0.547. The Morgan fingerprint density at radius 1 is 1.75 bits per heavy atom. The van der Waals surface area contributed by atoms with Gasteiger partial charge in [0, 0.05) is 0 Å². The summed E-state index contributed by atoms with van der Waals surface area (Å²) in [5.41, 5.74) is 0. The molecule has 0 aliphatic rings. The standard InChI is InChI=1S/C6H9N3O2S/c1-4-7-6(9-8-4)12-3-5(10)11-2/h3H2,1-2H3,(H,7,8,9). The molecule has 0 fully saturated rings. The second-order valence-corrected chi connectivity index (χ2v) is 3.01. The molecule has 1 aromatic rings. The SMILES string of the molecule is COC(=O)CSc1n[nH]c(C)n1. The van der Waals surface area contributed by atoms with Crippen LogP contribution in [0.3, 0.4) is 0 Å². The van der Waals surface area contributed by atoms with Crippen LogP contribution in [0, 0.1) is 6.92 Å². The molecule has 0 spiro atoms. The first kappa shape index (κ1) is 9.05. The van der Waals surface area contributed by atoms with Crippen molar-refractivity contribution in [2.24, 2.45) is 0 Å². The molecule has 5 nitrogen and oxygen atoms in total. The lowest BCUT2D eigenvalue weighted by atomic mass is 10.8. The monoisotopic (exact) mass is 187 g/mol. The molecule has 1 aromatic heterocycles. The maximum Gasteiger partial charge on any atom is 0.316 e. The largest absolute Gasteiger partial charge is 0.468 e. The highest BCUT2D eigenvalue weighted by Gasteiger charge is 2.04. The van der Waals surface area contributed by atoms with Gasteiger partial charge in [-0.3, -0.25) is 9.89 Å². The first-order chi connectivity index (χ1) is 5.72. The molecule has 0 aromatic carbocycles. The van der Waals surface area contributed by atoms with Crippen molar-refractivity contribution in [1.29, 1.82) is 0 Å². The van der Waals surface area contributed by atoms with Gasteiger partial charge in [-0.05, 0) is 6.92 Å². The Labute approximate surface area is 73.9 Å². The number of esters is 1. The fraction of sp³-hybridized carbons (Fsp3) is 0.500. The Hall–Kier alpha value is -1.04. The Balaban J connectivity index is 2.38. The molecular formula is C6H9N3O2S. The molecule has 1 N–H and O–H groups in total. The average Bonchev–Trinajstić information content (AvgIpc) is 2.47. The van der Waals surface area contributed by atoms with Crippen molar-refractivity contribution < 1.29 is 9.53 Å². The number of aryl methyl sites for hydroxylation is 1. The maximum atomic E-state index is 10.7. The maximum absolute atomic E-state index is 10.7. The van der Waals surface area contributed by atoms with Crippen molar-refractivity contribution in [2.45, 2.75) is 12.1 Å². The number of methoxy groups -OCH3 is 1. The molecule has 66 valence electrons. The third-order valence-electron chi connectivity index (χ3n) is 1.12. The number of ether oxygens (including phenoxy) is 1. The van der Waals surface area contributed by atoms with Gasteiger partial charge in [0.05, 0.1) is 12.9 Å². The minimum absolute atomic E-state index is 0.244. The number of thioether (sulfide) groups is 1. The minimum Gasteiger partial charge on any atom is -0.468 e. The lowest BCUT2D eigenvalue weighted by molar-refractivity contribution is -0.137. The Bertz CT molecular complexity index is 274. The van der Waals surface area contributed by atoms with E-state index in [4.69, 9.17) is 0 Å². The van der Waals surface area contributed by atoms with Gasteiger partial charge in [-0.1, -0.05) is 11.8 Å². The predicted octanol–water partition coefficient (Wildman–Crippen LogP) is 0.378. The lowest BCUT2D eigenvalue weighted by Gasteiger charge is -1.93. The van der Waals surface area contributed by atoms with Gasteiger partial charge in [0.15, 0.2) is 0 Å². The van der Waals surface area contributed by atoms with Crippen molar-refractivity contribution in [3.63, 3.8) is 0 Å². The van der Waals surface area contributed by atoms with Crippen LogP contribution < -0.4 is 0 Å². The van der Waals surface area contributed by atoms with Crippen LogP contribution in [0.4, 0.5) is 0 Å². The van der Waals surface area contributed by atoms with E-state index in [0.29, 0.717) is 5.16 Å². The zero-order valence-corrected chi connectivity index (χ0v) is 7.64. The van der Waals surface area contributed by atoms with Crippen molar-refractivity contribution >= 4 is 17.7 Å². The molecule has 0 aliphatic carbocycles. The first-order valence-corrected chi connectivity index (χ1v) is 4.29. The highest BCUT2D eigenvalue weighted by atomic mass is 32.2. The van der Waals surface area contributed by atoms with E-state index in [-0.39, 0.29) is 11.7 Å². The number of nitrogens with one attached hydrogen (secondary N) is 1. The van der Waals surface area contributed by atoms with Gasteiger partial charge in [0.2, 0.25) is 5.16 Å². The number of aromatic amines is 1. The molecule has 0 aliphatic heterocycles. The summed E-state index contributed by atoms with van der Waals surface area (Å²) in [7, 11) is 1.35. The summed E-state index contributed by atoms with van der Waals surface area (Å²) in [5.74, 6) is 0.707. The summed E-state index contributed by atoms with van der Waals surface area (Å²) in [6, 6.07) is 0. The van der Waals surface area contributed by atoms with Crippen molar-refractivity contribution in [3.05, 3.63) is 5.82 Å². The molecule has 0 amide bonds. The van der Waals surface area contributed by atoms with E-state index >= 15 is 0 Å². The number of H-pyrrole nitrogens is 1. The number of hydrogen-bond donors (Lipinski definition) is 1. The smallest absolute Gasteiger partial charge is 0.316 e. The lowest BCUT2D eigenvalue weighted by Crippen LogP contribution is -2.03. The van der Waals surface area contributed by atoms with Crippen molar-refractivity contribution in [3.8, 4) is 0 Å². The van der Waals surface area contributed by atoms with E-state index in [1.54, 1.807) is 6.92 Å². The van der Waals surface area contributed by atoms with Gasteiger partial charge >= 0.3 is 5.97 Å². The topological polar surface area (TPSA) is 67.9 Å². The normalized spacial score (nSPS) is 9.83. The molecule has 1 heterocycles. The van der Waals surface area contributed by atoms with E-state index in [0.717, 1.165) is 5.82 Å². The second kappa shape index (κ2) is 4.10. The fourth-order valence-corrected chi connectivity index (χ4v) is 1.25. The number of nitrogens with zero attached hydrogens (tertiary/aromatic N) is 2. The number of aromatic nitrogens is 3. The van der Waals surface area contributed by atoms with E-state index in [1.807, 2.05) is 0 Å². The van der Waals surface area contributed by atoms with Crippen LogP contribution in [0.1, 0.15) is 5.82 Å². The average molecular weight is 187 g/mol. The summed E-state index contributed by atoms with van der Waals surface area (Å²) in [4.78, 5) is 14.7. The second-order valence-electron chi connectivity index (χ2n) is 2.07. The minimum atomic E-state index is -0.276. The summed E-state index contributed by atoms with van der Waals surface area (Å²) in [5, 5.41) is 7.08. The molecule has 0 atom stereocenters. The van der Waals surface area contributed by atoms with Crippen LogP contribution >= 0.6 is 11.8 Å². The summed E-state index contributed by atoms with van der Waals surface area (Å²) < 4.78 is 4.45. The van der Waals surface area contributed by atoms with Crippen LogP contribution in [-0.2, 0) is 9.53 Å². The number of carbonyl (C=O) groups excluding carboxylic acids is 1. The van der Waals surface area contributed by atoms with Crippen molar-refractivity contribution in [1.82, 2.24) is 15.2 Å². The molecular weight excluding hydrogens is 178 g/mol. The predicted molar refractivity (Wildman–Crippen MR) is 43.9 cm³/mol. The van der Waals surface area contributed by atoms with Gasteiger partial charge in [0.25, 0.3) is 0 Å². The zero-order valence-electron chi connectivity index (χ0n) is 6.83. The summed E-state index contributed by atoms with van der Waals surface area (Å²) >= 11 is 1.25. The summed E-state index contributed by atoms with van der Waals surface area (Å²) in [6.45, 7) is 1.80. The van der Waals surface area contributed by atoms with Crippen LogP contribution in [0.5, 0.6) is 0 Å². The van der Waals surface area contributed by atoms with Crippen LogP contribution in [-0.4, -0.2) is 34.0 Å². The molecule has 0 saturated heterocycles. The molecule has 0 saturated carbocycles. The van der Waals surface area contributed by atoms with E-state index in [9.17, 15) is 4.79 Å². The van der Waals surface area contributed by atoms with Crippen LogP contribution in [0.15, 0.2) is 5.16 Å². The van der Waals surface area contributed by atoms with Crippen molar-refractivity contribution in [2.75, 3.05) is 12.9 Å². The van der Waals surface area contributed by atoms with E-state index < -0.39 is 0 Å². The van der Waals surface area contributed by atoms with Gasteiger partial charge in [-0.2, -0.15) is 0 Å². The number of hydrogen-bond acceptors (Lipinski definition) is 5.